The first-order valence-corrected chi connectivity index (χ1v) is 9.93. The number of benzene rings is 1. The largest absolute Gasteiger partial charge is 0.471 e. The molecule has 2 aromatic rings. The lowest BCUT2D eigenvalue weighted by Crippen LogP contribution is -2.53. The predicted molar refractivity (Wildman–Crippen MR) is 110 cm³/mol. The average molecular weight is 454 g/mol. The molecule has 1 fully saturated rings. The maximum Gasteiger partial charge on any atom is 0.410 e. The number of rotatable bonds is 4. The molecule has 0 spiro atoms. The van der Waals surface area contributed by atoms with Gasteiger partial charge in [0, 0.05) is 23.7 Å². The molecule has 0 saturated carbocycles. The molecule has 166 valence electrons. The Morgan fingerprint density at radius 3 is 2.55 bits per heavy atom. The monoisotopic (exact) mass is 453 g/mol. The van der Waals surface area contributed by atoms with Gasteiger partial charge in [0.25, 0.3) is 5.88 Å². The van der Waals surface area contributed by atoms with Crippen molar-refractivity contribution < 1.29 is 27.8 Å². The molecule has 1 aliphatic rings. The molecule has 1 aromatic heterocycles. The van der Waals surface area contributed by atoms with Gasteiger partial charge in [0.15, 0.2) is 5.82 Å². The number of hydrogen-bond donors (Lipinski definition) is 0. The standard InChI is InChI=1S/C21H22ClF2N3O4/c1-21(2,3)31-20(29)26-8-9-27(18(28)11-26)17-7-6-15(23)19(25-17)30-12-13-4-5-14(22)10-16(13)24/h4-7,10H,8-9,11-12H2,1-3H3. The van der Waals surface area contributed by atoms with Crippen molar-refractivity contribution in [2.45, 2.75) is 33.0 Å². The highest BCUT2D eigenvalue weighted by molar-refractivity contribution is 6.30. The zero-order valence-electron chi connectivity index (χ0n) is 17.3. The summed E-state index contributed by atoms with van der Waals surface area (Å²) < 4.78 is 38.7. The molecule has 1 saturated heterocycles. The smallest absolute Gasteiger partial charge is 0.410 e. The van der Waals surface area contributed by atoms with Crippen LogP contribution in [0.4, 0.5) is 19.4 Å². The van der Waals surface area contributed by atoms with Crippen molar-refractivity contribution in [1.29, 1.82) is 0 Å². The third kappa shape index (κ3) is 5.81. The Morgan fingerprint density at radius 1 is 1.16 bits per heavy atom. The minimum atomic E-state index is -0.752. The van der Waals surface area contributed by atoms with Crippen molar-refractivity contribution in [3.8, 4) is 5.88 Å². The summed E-state index contributed by atoms with van der Waals surface area (Å²) in [7, 11) is 0. The average Bonchev–Trinajstić information content (AvgIpc) is 2.67. The quantitative estimate of drug-likeness (QED) is 0.694. The maximum atomic E-state index is 14.2. The van der Waals surface area contributed by atoms with E-state index < -0.39 is 29.2 Å². The summed E-state index contributed by atoms with van der Waals surface area (Å²) in [5, 5.41) is 0.233. The first-order chi connectivity index (χ1) is 14.5. The Labute approximate surface area is 183 Å². The lowest BCUT2D eigenvalue weighted by atomic mass is 10.2. The molecule has 0 atom stereocenters. The number of carbonyl (C=O) groups is 2. The third-order valence-electron chi connectivity index (χ3n) is 4.33. The second kappa shape index (κ2) is 9.05. The number of hydrogen-bond acceptors (Lipinski definition) is 5. The zero-order chi connectivity index (χ0) is 22.8. The lowest BCUT2D eigenvalue weighted by molar-refractivity contribution is -0.121. The van der Waals surface area contributed by atoms with Crippen LogP contribution in [0.5, 0.6) is 5.88 Å². The third-order valence-corrected chi connectivity index (χ3v) is 4.56. The van der Waals surface area contributed by atoms with Gasteiger partial charge in [-0.25, -0.2) is 13.6 Å². The number of aromatic nitrogens is 1. The van der Waals surface area contributed by atoms with Gasteiger partial charge in [0.2, 0.25) is 5.91 Å². The molecule has 31 heavy (non-hydrogen) atoms. The Kier molecular flexibility index (Phi) is 6.64. The van der Waals surface area contributed by atoms with Crippen LogP contribution in [0.1, 0.15) is 26.3 Å². The molecule has 2 amide bonds. The second-order valence-corrected chi connectivity index (χ2v) is 8.36. The van der Waals surface area contributed by atoms with E-state index in [-0.39, 0.29) is 48.5 Å². The summed E-state index contributed by atoms with van der Waals surface area (Å²) in [5.74, 6) is -1.93. The SMILES string of the molecule is CC(C)(C)OC(=O)N1CCN(c2ccc(F)c(OCc3ccc(Cl)cc3F)n2)C(=O)C1. The molecule has 2 heterocycles. The lowest BCUT2D eigenvalue weighted by Gasteiger charge is -2.34. The van der Waals surface area contributed by atoms with Gasteiger partial charge in [-0.2, -0.15) is 4.98 Å². The minimum Gasteiger partial charge on any atom is -0.471 e. The van der Waals surface area contributed by atoms with Crippen LogP contribution in [-0.4, -0.2) is 47.1 Å². The van der Waals surface area contributed by atoms with Crippen molar-refractivity contribution in [3.05, 3.63) is 52.6 Å². The van der Waals surface area contributed by atoms with Crippen molar-refractivity contribution in [3.63, 3.8) is 0 Å². The van der Waals surface area contributed by atoms with E-state index in [1.165, 1.54) is 28.0 Å². The summed E-state index contributed by atoms with van der Waals surface area (Å²) in [6.45, 7) is 5.14. The van der Waals surface area contributed by atoms with Gasteiger partial charge >= 0.3 is 6.09 Å². The number of piperazine rings is 1. The Bertz CT molecular complexity index is 997. The molecule has 1 aromatic carbocycles. The molecule has 0 N–H and O–H groups in total. The molecular formula is C21H22ClF2N3O4. The highest BCUT2D eigenvalue weighted by Crippen LogP contribution is 2.24. The van der Waals surface area contributed by atoms with Gasteiger partial charge in [0.1, 0.15) is 30.4 Å². The van der Waals surface area contributed by atoms with E-state index in [0.717, 1.165) is 12.1 Å². The number of halogens is 3. The van der Waals surface area contributed by atoms with Crippen LogP contribution in [0.3, 0.4) is 0 Å². The van der Waals surface area contributed by atoms with E-state index in [4.69, 9.17) is 21.1 Å². The summed E-state index contributed by atoms with van der Waals surface area (Å²) in [5.41, 5.74) is -0.496. The molecule has 3 rings (SSSR count). The fourth-order valence-electron chi connectivity index (χ4n) is 2.85. The van der Waals surface area contributed by atoms with E-state index in [2.05, 4.69) is 4.98 Å². The van der Waals surface area contributed by atoms with Crippen LogP contribution in [0, 0.1) is 11.6 Å². The molecule has 0 unspecified atom stereocenters. The number of carbonyl (C=O) groups excluding carboxylic acids is 2. The zero-order valence-corrected chi connectivity index (χ0v) is 18.1. The second-order valence-electron chi connectivity index (χ2n) is 7.93. The van der Waals surface area contributed by atoms with Crippen molar-refractivity contribution in [2.24, 2.45) is 0 Å². The van der Waals surface area contributed by atoms with E-state index >= 15 is 0 Å². The molecular weight excluding hydrogens is 432 g/mol. The minimum absolute atomic E-state index is 0.155. The molecule has 10 heteroatoms. The Hall–Kier alpha value is -2.94. The van der Waals surface area contributed by atoms with Crippen LogP contribution >= 0.6 is 11.6 Å². The van der Waals surface area contributed by atoms with E-state index in [1.807, 2.05) is 0 Å². The van der Waals surface area contributed by atoms with E-state index in [9.17, 15) is 18.4 Å². The number of anilines is 1. The Balaban J connectivity index is 1.68. The fourth-order valence-corrected chi connectivity index (χ4v) is 3.01. The first kappa shape index (κ1) is 22.7. The topological polar surface area (TPSA) is 72.0 Å². The molecule has 0 aliphatic carbocycles. The summed E-state index contributed by atoms with van der Waals surface area (Å²) >= 11 is 5.72. The highest BCUT2D eigenvalue weighted by atomic mass is 35.5. The summed E-state index contributed by atoms with van der Waals surface area (Å²) in [6.07, 6.45) is -0.582. The normalized spacial score (nSPS) is 14.6. The van der Waals surface area contributed by atoms with Gasteiger partial charge in [-0.3, -0.25) is 14.6 Å². The molecule has 7 nitrogen and oxygen atoms in total. The number of pyridine rings is 1. The molecule has 0 bridgehead atoms. The molecule has 0 radical (unpaired) electrons. The van der Waals surface area contributed by atoms with Gasteiger partial charge in [-0.05, 0) is 45.0 Å². The molecule has 1 aliphatic heterocycles. The van der Waals surface area contributed by atoms with Gasteiger partial charge in [0.05, 0.1) is 0 Å². The fraction of sp³-hybridized carbons (Fsp3) is 0.381. The van der Waals surface area contributed by atoms with Crippen LogP contribution in [0.25, 0.3) is 0 Å². The Morgan fingerprint density at radius 2 is 1.90 bits per heavy atom. The summed E-state index contributed by atoms with van der Waals surface area (Å²) in [6, 6.07) is 6.50. The summed E-state index contributed by atoms with van der Waals surface area (Å²) in [4.78, 5) is 31.4. The van der Waals surface area contributed by atoms with Crippen molar-refractivity contribution in [1.82, 2.24) is 9.88 Å². The number of amides is 2. The van der Waals surface area contributed by atoms with Crippen LogP contribution < -0.4 is 9.64 Å². The van der Waals surface area contributed by atoms with Crippen LogP contribution in [0.2, 0.25) is 5.02 Å². The maximum absolute atomic E-state index is 14.2. The highest BCUT2D eigenvalue weighted by Gasteiger charge is 2.31. The van der Waals surface area contributed by atoms with Gasteiger partial charge in [-0.15, -0.1) is 0 Å². The van der Waals surface area contributed by atoms with Crippen molar-refractivity contribution in [2.75, 3.05) is 24.5 Å². The van der Waals surface area contributed by atoms with Gasteiger partial charge < -0.3 is 9.47 Å². The predicted octanol–water partition coefficient (Wildman–Crippen LogP) is 4.18. The van der Waals surface area contributed by atoms with Gasteiger partial charge in [-0.1, -0.05) is 17.7 Å². The number of ether oxygens (including phenoxy) is 2. The van der Waals surface area contributed by atoms with Crippen LogP contribution in [-0.2, 0) is 16.1 Å². The number of nitrogens with zero attached hydrogens (tertiary/aromatic N) is 3. The van der Waals surface area contributed by atoms with Crippen LogP contribution in [0.15, 0.2) is 30.3 Å². The van der Waals surface area contributed by atoms with Crippen molar-refractivity contribution >= 4 is 29.4 Å². The van der Waals surface area contributed by atoms with E-state index in [1.54, 1.807) is 20.8 Å². The first-order valence-electron chi connectivity index (χ1n) is 9.55. The van der Waals surface area contributed by atoms with E-state index in [0.29, 0.717) is 0 Å².